The van der Waals surface area contributed by atoms with Crippen LogP contribution in [0, 0.1) is 23.4 Å². The summed E-state index contributed by atoms with van der Waals surface area (Å²) in [6.07, 6.45) is 2.37. The van der Waals surface area contributed by atoms with Crippen LogP contribution in [-0.4, -0.2) is 28.9 Å². The Kier molecular flexibility index (Phi) is 7.23. The first-order valence-electron chi connectivity index (χ1n) is 10.8. The molecule has 3 aromatic rings. The number of nitrogens with one attached hydrogen (secondary N) is 2. The van der Waals surface area contributed by atoms with E-state index in [4.69, 9.17) is 17.3 Å². The molecule has 10 heteroatoms. The largest absolute Gasteiger partial charge is 0.383 e. The molecule has 1 saturated heterocycles. The highest BCUT2D eigenvalue weighted by atomic mass is 35.5. The van der Waals surface area contributed by atoms with Gasteiger partial charge in [0, 0.05) is 24.7 Å². The van der Waals surface area contributed by atoms with Crippen molar-refractivity contribution in [3.8, 4) is 11.4 Å². The van der Waals surface area contributed by atoms with E-state index in [1.54, 1.807) is 10.6 Å². The zero-order chi connectivity index (χ0) is 24.2. The molecule has 1 aliphatic rings. The van der Waals surface area contributed by atoms with Gasteiger partial charge in [0.25, 0.3) is 0 Å². The topological polar surface area (TPSA) is 80.3 Å². The Morgan fingerprint density at radius 3 is 2.82 bits per heavy atom. The predicted octanol–water partition coefficient (Wildman–Crippen LogP) is 4.49. The van der Waals surface area contributed by atoms with E-state index in [2.05, 4.69) is 27.2 Å². The van der Waals surface area contributed by atoms with Gasteiger partial charge in [-0.2, -0.15) is 0 Å². The minimum absolute atomic E-state index is 0.0664. The molecule has 0 radical (unpaired) electrons. The molecule has 1 aromatic heterocycles. The van der Waals surface area contributed by atoms with Crippen LogP contribution in [-0.2, 0) is 13.1 Å². The Morgan fingerprint density at radius 2 is 2.12 bits per heavy atom. The molecule has 0 aliphatic carbocycles. The number of aromatic nitrogens is 2. The molecule has 6 nitrogen and oxygen atoms in total. The summed E-state index contributed by atoms with van der Waals surface area (Å²) in [6.45, 7) is 6.13. The van der Waals surface area contributed by atoms with Gasteiger partial charge < -0.3 is 20.9 Å². The van der Waals surface area contributed by atoms with Crippen molar-refractivity contribution >= 4 is 23.6 Å². The van der Waals surface area contributed by atoms with E-state index >= 15 is 0 Å². The first-order chi connectivity index (χ1) is 16.3. The summed E-state index contributed by atoms with van der Waals surface area (Å²) in [5.41, 5.74) is 7.16. The lowest BCUT2D eigenvalue weighted by Gasteiger charge is -2.15. The van der Waals surface area contributed by atoms with E-state index in [-0.39, 0.29) is 28.5 Å². The number of nitrogen functional groups attached to an aromatic ring is 1. The SMILES string of the molecule is C=C(/N=C\c1nc(-c2c(F)cccc2Cl)n(CC2CCNC2)c1N)NCc1ccc(F)cc1F. The van der Waals surface area contributed by atoms with Gasteiger partial charge >= 0.3 is 0 Å². The van der Waals surface area contributed by atoms with Crippen molar-refractivity contribution in [2.45, 2.75) is 19.5 Å². The van der Waals surface area contributed by atoms with Gasteiger partial charge in [0.05, 0.1) is 16.8 Å². The molecule has 2 aromatic carbocycles. The zero-order valence-electron chi connectivity index (χ0n) is 18.3. The molecule has 1 atom stereocenters. The number of nitrogens with zero attached hydrogens (tertiary/aromatic N) is 3. The average molecular weight is 489 g/mol. The number of rotatable bonds is 8. The van der Waals surface area contributed by atoms with Crippen molar-refractivity contribution in [1.82, 2.24) is 20.2 Å². The number of benzene rings is 2. The Labute approximate surface area is 200 Å². The molecule has 2 heterocycles. The Hall–Kier alpha value is -3.30. The summed E-state index contributed by atoms with van der Waals surface area (Å²) in [5.74, 6) is -0.637. The second kappa shape index (κ2) is 10.3. The lowest BCUT2D eigenvalue weighted by Crippen LogP contribution is -2.17. The van der Waals surface area contributed by atoms with Crippen LogP contribution >= 0.6 is 11.6 Å². The molecule has 0 spiro atoms. The number of nitrogens with two attached hydrogens (primary N) is 1. The lowest BCUT2D eigenvalue weighted by atomic mass is 10.1. The first-order valence-corrected chi connectivity index (χ1v) is 11.1. The number of aliphatic imine (C=N–C) groups is 1. The van der Waals surface area contributed by atoms with Gasteiger partial charge in [0.15, 0.2) is 0 Å². The molecule has 4 rings (SSSR count). The predicted molar refractivity (Wildman–Crippen MR) is 128 cm³/mol. The van der Waals surface area contributed by atoms with Gasteiger partial charge in [-0.15, -0.1) is 0 Å². The fraction of sp³-hybridized carbons (Fsp3) is 0.250. The van der Waals surface area contributed by atoms with Gasteiger partial charge in [0.2, 0.25) is 0 Å². The van der Waals surface area contributed by atoms with Gasteiger partial charge in [-0.25, -0.2) is 23.1 Å². The van der Waals surface area contributed by atoms with Crippen molar-refractivity contribution in [3.05, 3.63) is 82.5 Å². The van der Waals surface area contributed by atoms with E-state index in [1.807, 2.05) is 0 Å². The molecule has 34 heavy (non-hydrogen) atoms. The zero-order valence-corrected chi connectivity index (χ0v) is 19.0. The summed E-state index contributed by atoms with van der Waals surface area (Å²) >= 11 is 6.31. The number of imidazole rings is 1. The third kappa shape index (κ3) is 5.26. The molecule has 0 bridgehead atoms. The van der Waals surface area contributed by atoms with E-state index in [9.17, 15) is 13.2 Å². The average Bonchev–Trinajstić information content (AvgIpc) is 3.41. The maximum Gasteiger partial charge on any atom is 0.146 e. The van der Waals surface area contributed by atoms with Crippen molar-refractivity contribution in [3.63, 3.8) is 0 Å². The summed E-state index contributed by atoms with van der Waals surface area (Å²) in [5, 5.41) is 6.39. The van der Waals surface area contributed by atoms with E-state index < -0.39 is 17.5 Å². The van der Waals surface area contributed by atoms with E-state index in [0.717, 1.165) is 25.6 Å². The fourth-order valence-corrected chi connectivity index (χ4v) is 4.09. The number of hydrogen-bond donors (Lipinski definition) is 3. The van der Waals surface area contributed by atoms with Crippen LogP contribution in [0.5, 0.6) is 0 Å². The highest BCUT2D eigenvalue weighted by Gasteiger charge is 2.24. The van der Waals surface area contributed by atoms with E-state index in [1.165, 1.54) is 30.5 Å². The molecule has 0 saturated carbocycles. The molecule has 4 N–H and O–H groups in total. The smallest absolute Gasteiger partial charge is 0.146 e. The summed E-state index contributed by atoms with van der Waals surface area (Å²) in [4.78, 5) is 8.75. The van der Waals surface area contributed by atoms with Crippen molar-refractivity contribution in [1.29, 1.82) is 0 Å². The van der Waals surface area contributed by atoms with Gasteiger partial charge in [-0.1, -0.05) is 30.3 Å². The number of halogens is 4. The quantitative estimate of drug-likeness (QED) is 0.408. The molecule has 1 unspecified atom stereocenters. The highest BCUT2D eigenvalue weighted by Crippen LogP contribution is 2.33. The van der Waals surface area contributed by atoms with Crippen LogP contribution in [0.25, 0.3) is 11.4 Å². The Morgan fingerprint density at radius 1 is 1.29 bits per heavy atom. The molecule has 1 fully saturated rings. The second-order valence-electron chi connectivity index (χ2n) is 8.07. The fourth-order valence-electron chi connectivity index (χ4n) is 3.84. The molecule has 178 valence electrons. The Bertz CT molecular complexity index is 1210. The molecule has 1 aliphatic heterocycles. The summed E-state index contributed by atoms with van der Waals surface area (Å²) in [7, 11) is 0. The van der Waals surface area contributed by atoms with Crippen LogP contribution < -0.4 is 16.4 Å². The summed E-state index contributed by atoms with van der Waals surface area (Å²) < 4.78 is 43.4. The van der Waals surface area contributed by atoms with Crippen molar-refractivity contribution in [2.75, 3.05) is 18.8 Å². The normalized spacial score (nSPS) is 15.8. The maximum absolute atomic E-state index is 14.7. The lowest BCUT2D eigenvalue weighted by molar-refractivity contribution is 0.487. The summed E-state index contributed by atoms with van der Waals surface area (Å²) in [6, 6.07) is 7.78. The minimum atomic E-state index is -0.667. The first kappa shape index (κ1) is 23.8. The van der Waals surface area contributed by atoms with Crippen LogP contribution in [0.15, 0.2) is 53.8 Å². The third-order valence-corrected chi connectivity index (χ3v) is 5.98. The van der Waals surface area contributed by atoms with Crippen LogP contribution in [0.3, 0.4) is 0 Å². The van der Waals surface area contributed by atoms with E-state index in [0.29, 0.717) is 29.8 Å². The standard InChI is InChI=1S/C24H24ClF3N6/c1-14(31-11-16-5-6-17(26)9-20(16)28)32-12-21-23(29)34(13-15-7-8-30-10-15)24(33-21)22-18(25)3-2-4-19(22)27/h2-6,9,12,15,30-31H,1,7-8,10-11,13,29H2/b32-12-. The minimum Gasteiger partial charge on any atom is -0.383 e. The van der Waals surface area contributed by atoms with Crippen molar-refractivity contribution in [2.24, 2.45) is 10.9 Å². The van der Waals surface area contributed by atoms with Crippen molar-refractivity contribution < 1.29 is 13.2 Å². The van der Waals surface area contributed by atoms with Gasteiger partial charge in [-0.3, -0.25) is 0 Å². The molecular formula is C24H24ClF3N6. The number of anilines is 1. The second-order valence-corrected chi connectivity index (χ2v) is 8.47. The maximum atomic E-state index is 14.7. The van der Waals surface area contributed by atoms with Crippen LogP contribution in [0.4, 0.5) is 19.0 Å². The molecule has 0 amide bonds. The highest BCUT2D eigenvalue weighted by molar-refractivity contribution is 6.33. The van der Waals surface area contributed by atoms with Gasteiger partial charge in [0.1, 0.15) is 40.6 Å². The number of hydrogen-bond acceptors (Lipinski definition) is 5. The monoisotopic (exact) mass is 488 g/mol. The Balaban J connectivity index is 1.58. The molecular weight excluding hydrogens is 465 g/mol. The third-order valence-electron chi connectivity index (χ3n) is 5.67. The van der Waals surface area contributed by atoms with Gasteiger partial charge in [-0.05, 0) is 43.6 Å². The van der Waals surface area contributed by atoms with Crippen LogP contribution in [0.2, 0.25) is 5.02 Å². The van der Waals surface area contributed by atoms with Crippen LogP contribution in [0.1, 0.15) is 17.7 Å².